The molecule has 0 aliphatic heterocycles. The lowest BCUT2D eigenvalue weighted by Gasteiger charge is -2.13. The number of para-hydroxylation sites is 1. The molecule has 0 radical (unpaired) electrons. The second kappa shape index (κ2) is 12.2. The van der Waals surface area contributed by atoms with Gasteiger partial charge in [0, 0.05) is 23.9 Å². The minimum absolute atomic E-state index is 0.0653. The third kappa shape index (κ3) is 6.14. The number of pyridine rings is 1. The molecule has 0 bridgehead atoms. The van der Waals surface area contributed by atoms with E-state index in [2.05, 4.69) is 37.7 Å². The normalized spacial score (nSPS) is 11.4. The van der Waals surface area contributed by atoms with Crippen LogP contribution in [0.4, 0.5) is 5.82 Å². The second-order valence-corrected chi connectivity index (χ2v) is 9.46. The van der Waals surface area contributed by atoms with Gasteiger partial charge in [0.25, 0.3) is 0 Å². The lowest BCUT2D eigenvalue weighted by atomic mass is 10.1. The summed E-state index contributed by atoms with van der Waals surface area (Å²) in [5.74, 6) is 0.871. The molecule has 10 heteroatoms. The fourth-order valence-corrected chi connectivity index (χ4v) is 4.53. The third-order valence-electron chi connectivity index (χ3n) is 6.25. The number of hydrogen-bond acceptors (Lipinski definition) is 7. The minimum Gasteiger partial charge on any atom is -0.504 e. The molecule has 196 valence electrons. The first kappa shape index (κ1) is 26.7. The van der Waals surface area contributed by atoms with Gasteiger partial charge in [0.15, 0.2) is 17.3 Å². The van der Waals surface area contributed by atoms with Crippen LogP contribution in [0.5, 0.6) is 11.5 Å². The largest absolute Gasteiger partial charge is 0.504 e. The number of nitrogens with zero attached hydrogens (tertiary/aromatic N) is 3. The average Bonchev–Trinajstić information content (AvgIpc) is 3.26. The van der Waals surface area contributed by atoms with E-state index in [1.54, 1.807) is 12.1 Å². The lowest BCUT2D eigenvalue weighted by Crippen LogP contribution is -2.28. The summed E-state index contributed by atoms with van der Waals surface area (Å²) in [5.41, 5.74) is 10.3. The summed E-state index contributed by atoms with van der Waals surface area (Å²) in [6.07, 6.45) is 3.44. The van der Waals surface area contributed by atoms with Crippen molar-refractivity contribution >= 4 is 49.6 Å². The van der Waals surface area contributed by atoms with Gasteiger partial charge in [0.2, 0.25) is 5.91 Å². The van der Waals surface area contributed by atoms with Crippen LogP contribution in [0, 0.1) is 0 Å². The molecule has 0 spiro atoms. The highest BCUT2D eigenvalue weighted by Crippen LogP contribution is 2.34. The Balaban J connectivity index is 1.64. The highest BCUT2D eigenvalue weighted by atomic mass is 79.9. The van der Waals surface area contributed by atoms with E-state index in [1.807, 2.05) is 18.2 Å². The van der Waals surface area contributed by atoms with E-state index in [-0.39, 0.29) is 22.7 Å². The van der Waals surface area contributed by atoms with Crippen molar-refractivity contribution in [3.8, 4) is 11.5 Å². The van der Waals surface area contributed by atoms with Crippen molar-refractivity contribution < 1.29 is 19.7 Å². The molecular formula is C27H32BrN5O4. The zero-order chi connectivity index (χ0) is 26.4. The maximum atomic E-state index is 11.3. The summed E-state index contributed by atoms with van der Waals surface area (Å²) in [6, 6.07) is 11.1. The molecule has 0 saturated heterocycles. The molecule has 2 heterocycles. The molecule has 0 saturated carbocycles. The zero-order valence-electron chi connectivity index (χ0n) is 20.8. The van der Waals surface area contributed by atoms with E-state index in [9.17, 15) is 15.0 Å². The van der Waals surface area contributed by atoms with Gasteiger partial charge in [0.05, 0.1) is 36.1 Å². The molecule has 0 aliphatic carbocycles. The molecule has 2 aromatic carbocycles. The molecule has 4 aromatic rings. The number of anilines is 1. The number of phenolic OH excluding ortho intramolecular Hbond substituents is 2. The fraction of sp³-hybridized carbons (Fsp3) is 0.370. The zero-order valence-corrected chi connectivity index (χ0v) is 22.4. The van der Waals surface area contributed by atoms with Crippen LogP contribution in [0.25, 0.3) is 21.9 Å². The Morgan fingerprint density at radius 3 is 2.78 bits per heavy atom. The number of carbonyl (C=O) groups is 1. The Labute approximate surface area is 223 Å². The van der Waals surface area contributed by atoms with Gasteiger partial charge in [-0.15, -0.1) is 0 Å². The maximum absolute atomic E-state index is 11.3. The molecule has 0 unspecified atom stereocenters. The average molecular weight is 570 g/mol. The number of nitrogens with one attached hydrogen (secondary N) is 1. The van der Waals surface area contributed by atoms with Gasteiger partial charge in [-0.3, -0.25) is 4.79 Å². The van der Waals surface area contributed by atoms with Gasteiger partial charge >= 0.3 is 0 Å². The van der Waals surface area contributed by atoms with Gasteiger partial charge in [-0.1, -0.05) is 53.5 Å². The van der Waals surface area contributed by atoms with Gasteiger partial charge < -0.3 is 30.6 Å². The number of benzene rings is 2. The van der Waals surface area contributed by atoms with Crippen molar-refractivity contribution in [3.05, 3.63) is 53.3 Å². The number of rotatable bonds is 12. The standard InChI is InChI=1S/C27H32BrN5O4/c1-2-3-7-22-32-24-25(33(22)16-18-5-4-6-21(34)26(18)36)19-9-8-17(14-20(19)31-27(24)29)10-12-37-13-11-30-23(35)15-28/h4-6,8-9,14,34,36H,2-3,7,10-13,15-16H2,1H3,(H2,29,31)(H,30,35). The summed E-state index contributed by atoms with van der Waals surface area (Å²) < 4.78 is 7.73. The van der Waals surface area contributed by atoms with Gasteiger partial charge in [0.1, 0.15) is 11.3 Å². The first-order valence-corrected chi connectivity index (χ1v) is 13.5. The highest BCUT2D eigenvalue weighted by Gasteiger charge is 2.19. The molecule has 0 fully saturated rings. The third-order valence-corrected chi connectivity index (χ3v) is 6.76. The van der Waals surface area contributed by atoms with Crippen molar-refractivity contribution in [2.45, 2.75) is 39.2 Å². The number of amides is 1. The number of alkyl halides is 1. The summed E-state index contributed by atoms with van der Waals surface area (Å²) in [4.78, 5) is 20.8. The van der Waals surface area contributed by atoms with Crippen molar-refractivity contribution in [3.63, 3.8) is 0 Å². The predicted octanol–water partition coefficient (Wildman–Crippen LogP) is 4.04. The number of phenols is 2. The number of nitrogens with two attached hydrogens (primary N) is 1. The van der Waals surface area contributed by atoms with Gasteiger partial charge in [-0.25, -0.2) is 9.97 Å². The molecule has 4 rings (SSSR count). The summed E-state index contributed by atoms with van der Waals surface area (Å²) in [7, 11) is 0. The Hall–Kier alpha value is -3.37. The first-order valence-electron chi connectivity index (χ1n) is 12.4. The van der Waals surface area contributed by atoms with Crippen LogP contribution in [0.3, 0.4) is 0 Å². The number of ether oxygens (including phenoxy) is 1. The van der Waals surface area contributed by atoms with Crippen LogP contribution in [-0.2, 0) is 28.9 Å². The van der Waals surface area contributed by atoms with E-state index in [4.69, 9.17) is 15.5 Å². The number of aryl methyl sites for hydroxylation is 1. The van der Waals surface area contributed by atoms with Crippen LogP contribution in [0.15, 0.2) is 36.4 Å². The molecule has 37 heavy (non-hydrogen) atoms. The van der Waals surface area contributed by atoms with Crippen LogP contribution in [-0.4, -0.2) is 55.7 Å². The van der Waals surface area contributed by atoms with Crippen molar-refractivity contribution in [1.29, 1.82) is 0 Å². The molecule has 0 aliphatic rings. The topological polar surface area (TPSA) is 136 Å². The van der Waals surface area contributed by atoms with E-state index in [1.165, 1.54) is 6.07 Å². The molecule has 9 nitrogen and oxygen atoms in total. The molecule has 5 N–H and O–H groups in total. The smallest absolute Gasteiger partial charge is 0.230 e. The van der Waals surface area contributed by atoms with E-state index >= 15 is 0 Å². The Kier molecular flexibility index (Phi) is 8.83. The number of unbranched alkanes of at least 4 members (excludes halogenated alkanes) is 1. The van der Waals surface area contributed by atoms with Gasteiger partial charge in [-0.05, 0) is 30.5 Å². The molecule has 2 aromatic heterocycles. The number of hydrogen-bond donors (Lipinski definition) is 4. The lowest BCUT2D eigenvalue weighted by molar-refractivity contribution is -0.118. The minimum atomic E-state index is -0.152. The predicted molar refractivity (Wildman–Crippen MR) is 148 cm³/mol. The fourth-order valence-electron chi connectivity index (χ4n) is 4.33. The van der Waals surface area contributed by atoms with E-state index < -0.39 is 0 Å². The monoisotopic (exact) mass is 569 g/mol. The summed E-state index contributed by atoms with van der Waals surface area (Å²) in [6.45, 7) is 3.90. The van der Waals surface area contributed by atoms with Crippen molar-refractivity contribution in [2.75, 3.05) is 30.8 Å². The summed E-state index contributed by atoms with van der Waals surface area (Å²) >= 11 is 3.11. The Bertz CT molecular complexity index is 1410. The van der Waals surface area contributed by atoms with Crippen LogP contribution < -0.4 is 11.1 Å². The van der Waals surface area contributed by atoms with E-state index in [0.29, 0.717) is 49.6 Å². The van der Waals surface area contributed by atoms with Gasteiger partial charge in [-0.2, -0.15) is 0 Å². The number of imidazole rings is 1. The number of halogens is 1. The molecular weight excluding hydrogens is 538 g/mol. The van der Waals surface area contributed by atoms with Crippen molar-refractivity contribution in [1.82, 2.24) is 19.9 Å². The Morgan fingerprint density at radius 2 is 2.00 bits per heavy atom. The highest BCUT2D eigenvalue weighted by molar-refractivity contribution is 9.09. The Morgan fingerprint density at radius 1 is 1.16 bits per heavy atom. The SMILES string of the molecule is CCCCc1nc2c(N)nc3cc(CCOCCNC(=O)CBr)ccc3c2n1Cc1cccc(O)c1O. The van der Waals surface area contributed by atoms with Crippen LogP contribution in [0.2, 0.25) is 0 Å². The van der Waals surface area contributed by atoms with Crippen molar-refractivity contribution in [2.24, 2.45) is 0 Å². The van der Waals surface area contributed by atoms with E-state index in [0.717, 1.165) is 47.1 Å². The molecule has 0 atom stereocenters. The summed E-state index contributed by atoms with van der Waals surface area (Å²) in [5, 5.41) is 24.4. The first-order chi connectivity index (χ1) is 17.9. The molecule has 1 amide bonds. The number of nitrogen functional groups attached to an aromatic ring is 1. The second-order valence-electron chi connectivity index (χ2n) is 8.89. The number of aromatic nitrogens is 3. The number of aromatic hydroxyl groups is 2. The number of fused-ring (bicyclic) bond motifs is 3. The van der Waals surface area contributed by atoms with Crippen LogP contribution >= 0.6 is 15.9 Å². The maximum Gasteiger partial charge on any atom is 0.230 e. The van der Waals surface area contributed by atoms with Crippen LogP contribution in [0.1, 0.15) is 36.7 Å². The quantitative estimate of drug-likeness (QED) is 0.115. The number of carbonyl (C=O) groups excluding carboxylic acids is 1.